The molecule has 4 nitrogen and oxygen atoms in total. The van der Waals surface area contributed by atoms with Crippen LogP contribution in [0.2, 0.25) is 0 Å². The van der Waals surface area contributed by atoms with E-state index < -0.39 is 0 Å². The summed E-state index contributed by atoms with van der Waals surface area (Å²) in [5.41, 5.74) is 1.44. The molecule has 1 aliphatic rings. The number of rotatable bonds is 6. The summed E-state index contributed by atoms with van der Waals surface area (Å²) in [6.45, 7) is 4.55. The number of hydrogen-bond donors (Lipinski definition) is 0. The molecule has 2 heterocycles. The second kappa shape index (κ2) is 6.85. The Morgan fingerprint density at radius 1 is 1.29 bits per heavy atom. The van der Waals surface area contributed by atoms with Crippen molar-refractivity contribution in [3.63, 3.8) is 0 Å². The first-order valence-electron chi connectivity index (χ1n) is 7.95. The van der Waals surface area contributed by atoms with Crippen molar-refractivity contribution in [2.45, 2.75) is 51.2 Å². The van der Waals surface area contributed by atoms with Gasteiger partial charge in [-0.1, -0.05) is 30.3 Å². The van der Waals surface area contributed by atoms with Crippen LogP contribution in [0.15, 0.2) is 43.0 Å². The van der Waals surface area contributed by atoms with Crippen molar-refractivity contribution in [1.29, 1.82) is 0 Å². The molecule has 1 fully saturated rings. The standard InChI is InChI=1S/C17H24N4/c1-15(9-10-16-6-3-2-4-7-16)21-11-5-8-17(21)12-20-14-18-13-19-20/h2-4,6-7,13-15,17H,5,8-12H2,1H3/t15-,17-/m0/s1. The summed E-state index contributed by atoms with van der Waals surface area (Å²) in [7, 11) is 0. The Morgan fingerprint density at radius 3 is 2.90 bits per heavy atom. The monoisotopic (exact) mass is 284 g/mol. The second-order valence-corrected chi connectivity index (χ2v) is 6.02. The lowest BCUT2D eigenvalue weighted by molar-refractivity contribution is 0.165. The molecule has 3 rings (SSSR count). The molecule has 2 aromatic rings. The number of likely N-dealkylation sites (tertiary alicyclic amines) is 1. The van der Waals surface area contributed by atoms with E-state index >= 15 is 0 Å². The molecule has 0 spiro atoms. The van der Waals surface area contributed by atoms with Gasteiger partial charge in [-0.25, -0.2) is 4.98 Å². The van der Waals surface area contributed by atoms with Crippen LogP contribution < -0.4 is 0 Å². The number of aromatic nitrogens is 3. The van der Waals surface area contributed by atoms with Crippen molar-refractivity contribution in [2.24, 2.45) is 0 Å². The molecule has 0 aliphatic carbocycles. The van der Waals surface area contributed by atoms with Crippen LogP contribution in [0.3, 0.4) is 0 Å². The highest BCUT2D eigenvalue weighted by atomic mass is 15.3. The number of aryl methyl sites for hydroxylation is 1. The predicted molar refractivity (Wildman–Crippen MR) is 84.0 cm³/mol. The minimum Gasteiger partial charge on any atom is -0.296 e. The van der Waals surface area contributed by atoms with Crippen LogP contribution in [0.5, 0.6) is 0 Å². The lowest BCUT2D eigenvalue weighted by atomic mass is 10.0. The van der Waals surface area contributed by atoms with E-state index in [1.807, 2.05) is 11.0 Å². The average Bonchev–Trinajstić information content (AvgIpc) is 3.18. The molecule has 1 aliphatic heterocycles. The summed E-state index contributed by atoms with van der Waals surface area (Å²) < 4.78 is 1.97. The topological polar surface area (TPSA) is 34.0 Å². The smallest absolute Gasteiger partial charge is 0.137 e. The van der Waals surface area contributed by atoms with Gasteiger partial charge < -0.3 is 0 Å². The second-order valence-electron chi connectivity index (χ2n) is 6.02. The highest BCUT2D eigenvalue weighted by Gasteiger charge is 2.28. The zero-order valence-corrected chi connectivity index (χ0v) is 12.7. The molecule has 1 saturated heterocycles. The van der Waals surface area contributed by atoms with Gasteiger partial charge in [0.15, 0.2) is 0 Å². The summed E-state index contributed by atoms with van der Waals surface area (Å²) in [4.78, 5) is 6.70. The Labute approximate surface area is 126 Å². The van der Waals surface area contributed by atoms with E-state index in [9.17, 15) is 0 Å². The van der Waals surface area contributed by atoms with Crippen LogP contribution in [0.4, 0.5) is 0 Å². The summed E-state index contributed by atoms with van der Waals surface area (Å²) in [5, 5.41) is 4.25. The Balaban J connectivity index is 1.54. The quantitative estimate of drug-likeness (QED) is 0.818. The molecule has 2 atom stereocenters. The summed E-state index contributed by atoms with van der Waals surface area (Å²) in [6, 6.07) is 12.0. The fourth-order valence-corrected chi connectivity index (χ4v) is 3.36. The highest BCUT2D eigenvalue weighted by Crippen LogP contribution is 2.23. The van der Waals surface area contributed by atoms with Crippen molar-refractivity contribution in [2.75, 3.05) is 6.54 Å². The minimum absolute atomic E-state index is 0.609. The van der Waals surface area contributed by atoms with E-state index in [-0.39, 0.29) is 0 Å². The van der Waals surface area contributed by atoms with Crippen LogP contribution >= 0.6 is 0 Å². The van der Waals surface area contributed by atoms with Gasteiger partial charge in [0, 0.05) is 12.1 Å². The van der Waals surface area contributed by atoms with Gasteiger partial charge in [-0.15, -0.1) is 0 Å². The van der Waals surface area contributed by atoms with Crippen LogP contribution in [-0.4, -0.2) is 38.3 Å². The van der Waals surface area contributed by atoms with Crippen LogP contribution in [0.1, 0.15) is 31.7 Å². The van der Waals surface area contributed by atoms with Gasteiger partial charge in [-0.3, -0.25) is 9.58 Å². The van der Waals surface area contributed by atoms with Gasteiger partial charge in [0.05, 0.1) is 6.54 Å². The van der Waals surface area contributed by atoms with Gasteiger partial charge in [0.2, 0.25) is 0 Å². The van der Waals surface area contributed by atoms with E-state index in [1.54, 1.807) is 6.33 Å². The zero-order valence-electron chi connectivity index (χ0n) is 12.7. The van der Waals surface area contributed by atoms with Gasteiger partial charge >= 0.3 is 0 Å². The molecule has 0 amide bonds. The average molecular weight is 284 g/mol. The lowest BCUT2D eigenvalue weighted by Crippen LogP contribution is -2.40. The fraction of sp³-hybridized carbons (Fsp3) is 0.529. The van der Waals surface area contributed by atoms with Crippen molar-refractivity contribution in [3.05, 3.63) is 48.5 Å². The van der Waals surface area contributed by atoms with Crippen LogP contribution in [-0.2, 0) is 13.0 Å². The molecule has 0 radical (unpaired) electrons. The Kier molecular flexibility index (Phi) is 4.65. The first-order valence-corrected chi connectivity index (χ1v) is 7.95. The largest absolute Gasteiger partial charge is 0.296 e. The van der Waals surface area contributed by atoms with Gasteiger partial charge in [0.25, 0.3) is 0 Å². The highest BCUT2D eigenvalue weighted by molar-refractivity contribution is 5.14. The SMILES string of the molecule is C[C@@H](CCc1ccccc1)N1CCC[C@H]1Cn1cncn1. The molecular weight excluding hydrogens is 260 g/mol. The molecule has 0 unspecified atom stereocenters. The zero-order chi connectivity index (χ0) is 14.5. The fourth-order valence-electron chi connectivity index (χ4n) is 3.36. The van der Waals surface area contributed by atoms with Crippen LogP contribution in [0.25, 0.3) is 0 Å². The number of nitrogens with zero attached hydrogens (tertiary/aromatic N) is 4. The third-order valence-electron chi connectivity index (χ3n) is 4.55. The third kappa shape index (κ3) is 3.70. The third-order valence-corrected chi connectivity index (χ3v) is 4.55. The molecule has 112 valence electrons. The van der Waals surface area contributed by atoms with Gasteiger partial charge in [0.1, 0.15) is 12.7 Å². The first kappa shape index (κ1) is 14.3. The maximum atomic E-state index is 4.25. The van der Waals surface area contributed by atoms with E-state index in [4.69, 9.17) is 0 Å². The van der Waals surface area contributed by atoms with Crippen molar-refractivity contribution in [3.8, 4) is 0 Å². The molecule has 1 aromatic carbocycles. The predicted octanol–water partition coefficient (Wildman–Crippen LogP) is 2.76. The van der Waals surface area contributed by atoms with Crippen molar-refractivity contribution >= 4 is 0 Å². The first-order chi connectivity index (χ1) is 10.3. The van der Waals surface area contributed by atoms with E-state index in [1.165, 1.54) is 31.4 Å². The molecule has 1 aromatic heterocycles. The molecule has 4 heteroatoms. The Morgan fingerprint density at radius 2 is 2.14 bits per heavy atom. The van der Waals surface area contributed by atoms with Gasteiger partial charge in [-0.2, -0.15) is 5.10 Å². The number of hydrogen-bond acceptors (Lipinski definition) is 3. The molecule has 0 saturated carbocycles. The lowest BCUT2D eigenvalue weighted by Gasteiger charge is -2.30. The maximum absolute atomic E-state index is 4.25. The number of benzene rings is 1. The van der Waals surface area contributed by atoms with E-state index in [2.05, 4.69) is 52.2 Å². The Hall–Kier alpha value is -1.68. The Bertz CT molecular complexity index is 523. The molecule has 0 N–H and O–H groups in total. The van der Waals surface area contributed by atoms with E-state index in [0.717, 1.165) is 13.0 Å². The van der Waals surface area contributed by atoms with E-state index in [0.29, 0.717) is 12.1 Å². The van der Waals surface area contributed by atoms with Gasteiger partial charge in [-0.05, 0) is 44.7 Å². The molecule has 0 bridgehead atoms. The maximum Gasteiger partial charge on any atom is 0.137 e. The van der Waals surface area contributed by atoms with Crippen molar-refractivity contribution in [1.82, 2.24) is 19.7 Å². The summed E-state index contributed by atoms with van der Waals surface area (Å²) in [5.74, 6) is 0. The van der Waals surface area contributed by atoms with Crippen molar-refractivity contribution < 1.29 is 0 Å². The molecular formula is C17H24N4. The van der Waals surface area contributed by atoms with Crippen LogP contribution in [0, 0.1) is 0 Å². The normalized spacial score (nSPS) is 20.7. The molecule has 21 heavy (non-hydrogen) atoms. The summed E-state index contributed by atoms with van der Waals surface area (Å²) >= 11 is 0. The minimum atomic E-state index is 0.609. The summed E-state index contributed by atoms with van der Waals surface area (Å²) in [6.07, 6.45) is 8.40.